The van der Waals surface area contributed by atoms with Crippen LogP contribution in [0, 0.1) is 19.8 Å². The molecule has 1 aromatic heterocycles. The summed E-state index contributed by atoms with van der Waals surface area (Å²) < 4.78 is 5.57. The van der Waals surface area contributed by atoms with Gasteiger partial charge in [-0.3, -0.25) is 0 Å². The van der Waals surface area contributed by atoms with E-state index < -0.39 is 0 Å². The van der Waals surface area contributed by atoms with Crippen molar-refractivity contribution in [1.82, 2.24) is 10.6 Å². The van der Waals surface area contributed by atoms with Crippen LogP contribution in [-0.2, 0) is 0 Å². The maximum Gasteiger partial charge on any atom is 0.315 e. The zero-order chi connectivity index (χ0) is 16.4. The molecule has 1 fully saturated rings. The first-order chi connectivity index (χ1) is 11.0. The lowest BCUT2D eigenvalue weighted by atomic mass is 10.0. The van der Waals surface area contributed by atoms with Crippen LogP contribution in [-0.4, -0.2) is 6.03 Å². The van der Waals surface area contributed by atoms with Crippen LogP contribution < -0.4 is 10.6 Å². The van der Waals surface area contributed by atoms with E-state index in [1.807, 2.05) is 26.0 Å². The number of furan rings is 1. The van der Waals surface area contributed by atoms with Crippen molar-refractivity contribution in [1.29, 1.82) is 0 Å². The lowest BCUT2D eigenvalue weighted by molar-refractivity contribution is 0.230. The number of urea groups is 1. The quantitative estimate of drug-likeness (QED) is 0.859. The van der Waals surface area contributed by atoms with Crippen molar-refractivity contribution in [2.75, 3.05) is 0 Å². The number of nitrogens with one attached hydrogen (secondary N) is 2. The highest BCUT2D eigenvalue weighted by molar-refractivity contribution is 5.75. The maximum absolute atomic E-state index is 12.4. The number of benzene rings is 1. The van der Waals surface area contributed by atoms with Crippen LogP contribution in [0.2, 0.25) is 0 Å². The van der Waals surface area contributed by atoms with Gasteiger partial charge >= 0.3 is 6.03 Å². The normalized spacial score (nSPS) is 16.7. The van der Waals surface area contributed by atoms with Gasteiger partial charge < -0.3 is 15.1 Å². The minimum Gasteiger partial charge on any atom is -0.464 e. The van der Waals surface area contributed by atoms with Crippen molar-refractivity contribution >= 4 is 6.03 Å². The van der Waals surface area contributed by atoms with E-state index in [0.29, 0.717) is 5.92 Å². The monoisotopic (exact) mass is 312 g/mol. The predicted molar refractivity (Wildman–Crippen MR) is 90.2 cm³/mol. The second-order valence-electron chi connectivity index (χ2n) is 6.51. The number of carbonyl (C=O) groups excluding carboxylic acids is 1. The molecule has 2 unspecified atom stereocenters. The Kier molecular flexibility index (Phi) is 4.42. The van der Waals surface area contributed by atoms with Crippen LogP contribution in [0.1, 0.15) is 54.5 Å². The predicted octanol–water partition coefficient (Wildman–Crippen LogP) is 4.41. The third-order valence-electron chi connectivity index (χ3n) is 4.35. The highest BCUT2D eigenvalue weighted by Gasteiger charge is 2.33. The first-order valence-electron chi connectivity index (χ1n) is 8.23. The van der Waals surface area contributed by atoms with E-state index in [-0.39, 0.29) is 18.1 Å². The third kappa shape index (κ3) is 3.95. The van der Waals surface area contributed by atoms with E-state index in [4.69, 9.17) is 4.42 Å². The molecule has 0 bridgehead atoms. The minimum atomic E-state index is -0.151. The van der Waals surface area contributed by atoms with Crippen LogP contribution in [0.25, 0.3) is 0 Å². The van der Waals surface area contributed by atoms with E-state index in [1.54, 1.807) is 0 Å². The van der Waals surface area contributed by atoms with Crippen LogP contribution in [0.15, 0.2) is 40.8 Å². The minimum absolute atomic E-state index is 0.0844. The number of hydrogen-bond donors (Lipinski definition) is 2. The average Bonchev–Trinajstić information content (AvgIpc) is 3.26. The van der Waals surface area contributed by atoms with E-state index >= 15 is 0 Å². The molecule has 1 heterocycles. The summed E-state index contributed by atoms with van der Waals surface area (Å²) in [6, 6.07) is 12.0. The molecule has 2 N–H and O–H groups in total. The molecular formula is C19H24N2O2. The molecule has 0 radical (unpaired) electrons. The fourth-order valence-corrected chi connectivity index (χ4v) is 2.81. The number of aryl methyl sites for hydroxylation is 2. The molecule has 4 nitrogen and oxygen atoms in total. The van der Waals surface area contributed by atoms with Crippen molar-refractivity contribution in [3.8, 4) is 0 Å². The van der Waals surface area contributed by atoms with Gasteiger partial charge in [-0.2, -0.15) is 0 Å². The van der Waals surface area contributed by atoms with Gasteiger partial charge in [0.15, 0.2) is 0 Å². The molecule has 0 spiro atoms. The Labute approximate surface area is 137 Å². The highest BCUT2D eigenvalue weighted by atomic mass is 16.3. The Morgan fingerprint density at radius 1 is 1.09 bits per heavy atom. The van der Waals surface area contributed by atoms with Crippen molar-refractivity contribution in [3.05, 3.63) is 59.0 Å². The zero-order valence-corrected chi connectivity index (χ0v) is 13.9. The van der Waals surface area contributed by atoms with Gasteiger partial charge in [0.1, 0.15) is 11.5 Å². The number of carbonyl (C=O) groups is 1. The third-order valence-corrected chi connectivity index (χ3v) is 4.35. The molecule has 2 atom stereocenters. The van der Waals surface area contributed by atoms with Crippen LogP contribution >= 0.6 is 0 Å². The molecule has 1 aromatic carbocycles. The van der Waals surface area contributed by atoms with Crippen molar-refractivity contribution in [2.24, 2.45) is 5.92 Å². The van der Waals surface area contributed by atoms with Gasteiger partial charge in [-0.1, -0.05) is 29.8 Å². The van der Waals surface area contributed by atoms with Gasteiger partial charge in [-0.15, -0.1) is 0 Å². The van der Waals surface area contributed by atoms with Gasteiger partial charge in [0.2, 0.25) is 0 Å². The van der Waals surface area contributed by atoms with Crippen molar-refractivity contribution < 1.29 is 9.21 Å². The Hall–Kier alpha value is -2.23. The van der Waals surface area contributed by atoms with Gasteiger partial charge in [0.25, 0.3) is 0 Å². The molecule has 1 aliphatic carbocycles. The van der Waals surface area contributed by atoms with Crippen LogP contribution in [0.4, 0.5) is 4.79 Å². The number of rotatable bonds is 5. The SMILES string of the molecule is Cc1ccc(C(NC(=O)NC(C)c2ccc(C)o2)C2CC2)cc1. The van der Waals surface area contributed by atoms with Gasteiger partial charge in [-0.25, -0.2) is 4.79 Å². The van der Waals surface area contributed by atoms with Gasteiger partial charge in [-0.05, 0) is 57.2 Å². The summed E-state index contributed by atoms with van der Waals surface area (Å²) in [6.07, 6.45) is 2.34. The van der Waals surface area contributed by atoms with Crippen LogP contribution in [0.3, 0.4) is 0 Å². The Morgan fingerprint density at radius 2 is 1.78 bits per heavy atom. The van der Waals surface area contributed by atoms with Crippen LogP contribution in [0.5, 0.6) is 0 Å². The first kappa shape index (κ1) is 15.7. The van der Waals surface area contributed by atoms with Gasteiger partial charge in [0, 0.05) is 0 Å². The lowest BCUT2D eigenvalue weighted by Gasteiger charge is -2.21. The number of hydrogen-bond acceptors (Lipinski definition) is 2. The fourth-order valence-electron chi connectivity index (χ4n) is 2.81. The number of amides is 2. The van der Waals surface area contributed by atoms with Gasteiger partial charge in [0.05, 0.1) is 12.1 Å². The summed E-state index contributed by atoms with van der Waals surface area (Å²) in [5, 5.41) is 6.09. The zero-order valence-electron chi connectivity index (χ0n) is 13.9. The Balaban J connectivity index is 1.63. The molecule has 1 saturated carbocycles. The van der Waals surface area contributed by atoms with E-state index in [9.17, 15) is 4.79 Å². The summed E-state index contributed by atoms with van der Waals surface area (Å²) >= 11 is 0. The van der Waals surface area contributed by atoms with Crippen molar-refractivity contribution in [3.63, 3.8) is 0 Å². The summed E-state index contributed by atoms with van der Waals surface area (Å²) in [7, 11) is 0. The molecule has 0 saturated heterocycles. The smallest absolute Gasteiger partial charge is 0.315 e. The summed E-state index contributed by atoms with van der Waals surface area (Å²) in [5.41, 5.74) is 2.41. The molecule has 1 aliphatic rings. The van der Waals surface area contributed by atoms with E-state index in [2.05, 4.69) is 41.8 Å². The standard InChI is InChI=1S/C19H24N2O2/c1-12-4-7-15(8-5-12)18(16-9-10-16)21-19(22)20-14(3)17-11-6-13(2)23-17/h4-8,11,14,16,18H,9-10H2,1-3H3,(H2,20,21,22). The first-order valence-corrected chi connectivity index (χ1v) is 8.23. The fraction of sp³-hybridized carbons (Fsp3) is 0.421. The lowest BCUT2D eigenvalue weighted by Crippen LogP contribution is -2.39. The van der Waals surface area contributed by atoms with E-state index in [0.717, 1.165) is 11.5 Å². The van der Waals surface area contributed by atoms with E-state index in [1.165, 1.54) is 24.0 Å². The molecule has 2 amide bonds. The molecule has 3 rings (SSSR count). The Morgan fingerprint density at radius 3 is 2.35 bits per heavy atom. The molecular weight excluding hydrogens is 288 g/mol. The maximum atomic E-state index is 12.4. The van der Waals surface area contributed by atoms with Crippen molar-refractivity contribution in [2.45, 2.75) is 45.7 Å². The second-order valence-corrected chi connectivity index (χ2v) is 6.51. The molecule has 23 heavy (non-hydrogen) atoms. The average molecular weight is 312 g/mol. The highest BCUT2D eigenvalue weighted by Crippen LogP contribution is 2.41. The largest absolute Gasteiger partial charge is 0.464 e. The summed E-state index contributed by atoms with van der Waals surface area (Å²) in [4.78, 5) is 12.4. The summed E-state index contributed by atoms with van der Waals surface area (Å²) in [6.45, 7) is 5.90. The Bertz CT molecular complexity index is 671. The molecule has 122 valence electrons. The summed E-state index contributed by atoms with van der Waals surface area (Å²) in [5.74, 6) is 2.17. The molecule has 4 heteroatoms. The second kappa shape index (κ2) is 6.49. The topological polar surface area (TPSA) is 54.3 Å². The molecule has 0 aliphatic heterocycles. The molecule has 2 aromatic rings.